The molecule has 112 valence electrons. The van der Waals surface area contributed by atoms with Gasteiger partial charge in [0, 0.05) is 11.8 Å². The van der Waals surface area contributed by atoms with Gasteiger partial charge in [0.1, 0.15) is 11.5 Å². The minimum absolute atomic E-state index is 0.115. The number of esters is 1. The number of benzene rings is 1. The first-order valence-electron chi connectivity index (χ1n) is 6.39. The van der Waals surface area contributed by atoms with Gasteiger partial charge in [-0.15, -0.1) is 0 Å². The summed E-state index contributed by atoms with van der Waals surface area (Å²) >= 11 is 0. The van der Waals surface area contributed by atoms with Crippen molar-refractivity contribution in [1.29, 1.82) is 0 Å². The molecule has 3 rings (SSSR count). The molecule has 0 fully saturated rings. The van der Waals surface area contributed by atoms with Crippen molar-refractivity contribution < 1.29 is 18.4 Å². The first-order valence-corrected chi connectivity index (χ1v) is 6.39. The molecule has 8 heteroatoms. The van der Waals surface area contributed by atoms with E-state index in [0.717, 1.165) is 0 Å². The molecule has 0 saturated carbocycles. The molecule has 0 amide bonds. The minimum Gasteiger partial charge on any atom is -0.451 e. The third kappa shape index (κ3) is 2.85. The molecule has 0 unspecified atom stereocenters. The molecule has 0 aliphatic carbocycles. The number of rotatable bonds is 4. The Morgan fingerprint density at radius 3 is 3.00 bits per heavy atom. The largest absolute Gasteiger partial charge is 0.451 e. The molecular weight excluding hydrogens is 291 g/mol. The molecular formula is C14H11FN4O3. The molecule has 0 aliphatic heterocycles. The lowest BCUT2D eigenvalue weighted by atomic mass is 10.1. The van der Waals surface area contributed by atoms with Crippen LogP contribution in [0.15, 0.2) is 35.0 Å². The first-order chi connectivity index (χ1) is 10.6. The second kappa shape index (κ2) is 5.76. The van der Waals surface area contributed by atoms with Crippen molar-refractivity contribution in [2.24, 2.45) is 0 Å². The lowest BCUT2D eigenvalue weighted by Gasteiger charge is -1.98. The second-order valence-corrected chi connectivity index (χ2v) is 4.52. The van der Waals surface area contributed by atoms with Gasteiger partial charge in [0.15, 0.2) is 6.61 Å². The maximum Gasteiger partial charge on any atom is 0.356 e. The van der Waals surface area contributed by atoms with E-state index in [4.69, 9.17) is 9.26 Å². The lowest BCUT2D eigenvalue weighted by Crippen LogP contribution is -2.05. The number of carbonyl (C=O) groups excluding carboxylic acids is 1. The van der Waals surface area contributed by atoms with Crippen LogP contribution in [0.25, 0.3) is 11.4 Å². The maximum atomic E-state index is 13.5. The normalized spacial score (nSPS) is 10.6. The molecule has 0 spiro atoms. The number of hydrogen-bond acceptors (Lipinski definition) is 6. The molecule has 0 bridgehead atoms. The SMILES string of the molecule is Cc1ccc(-c2noc(COC(=O)c3ccn[nH]3)n2)cc1F. The van der Waals surface area contributed by atoms with Gasteiger partial charge in [-0.1, -0.05) is 17.3 Å². The monoisotopic (exact) mass is 302 g/mol. The Morgan fingerprint density at radius 1 is 1.41 bits per heavy atom. The van der Waals surface area contributed by atoms with E-state index < -0.39 is 5.97 Å². The lowest BCUT2D eigenvalue weighted by molar-refractivity contribution is 0.0423. The minimum atomic E-state index is -0.585. The molecule has 7 nitrogen and oxygen atoms in total. The zero-order valence-electron chi connectivity index (χ0n) is 11.5. The van der Waals surface area contributed by atoms with E-state index in [9.17, 15) is 9.18 Å². The Bertz CT molecular complexity index is 798. The Hall–Kier alpha value is -3.03. The Morgan fingerprint density at radius 2 is 2.27 bits per heavy atom. The summed E-state index contributed by atoms with van der Waals surface area (Å²) in [5.74, 6) is -0.594. The number of nitrogens with one attached hydrogen (secondary N) is 1. The standard InChI is InChI=1S/C14H11FN4O3/c1-8-2-3-9(6-10(8)15)13-17-12(22-19-13)7-21-14(20)11-4-5-16-18-11/h2-6H,7H2,1H3,(H,16,18). The van der Waals surface area contributed by atoms with Crippen molar-refractivity contribution in [3.05, 3.63) is 53.4 Å². The summed E-state index contributed by atoms with van der Waals surface area (Å²) in [4.78, 5) is 15.7. The van der Waals surface area contributed by atoms with Crippen LogP contribution in [-0.4, -0.2) is 26.3 Å². The molecule has 2 heterocycles. The Kier molecular flexibility index (Phi) is 3.65. The number of hydrogen-bond donors (Lipinski definition) is 1. The van der Waals surface area contributed by atoms with Gasteiger partial charge in [0.2, 0.25) is 5.82 Å². The number of nitrogens with zero attached hydrogens (tertiary/aromatic N) is 3. The highest BCUT2D eigenvalue weighted by Crippen LogP contribution is 2.19. The molecule has 0 saturated heterocycles. The number of aromatic amines is 1. The summed E-state index contributed by atoms with van der Waals surface area (Å²) in [6, 6.07) is 6.11. The van der Waals surface area contributed by atoms with Gasteiger partial charge in [-0.3, -0.25) is 5.10 Å². The second-order valence-electron chi connectivity index (χ2n) is 4.52. The highest BCUT2D eigenvalue weighted by atomic mass is 19.1. The molecule has 1 N–H and O–H groups in total. The van der Waals surface area contributed by atoms with Crippen molar-refractivity contribution in [2.45, 2.75) is 13.5 Å². The molecule has 0 radical (unpaired) electrons. The fourth-order valence-corrected chi connectivity index (χ4v) is 1.74. The van der Waals surface area contributed by atoms with Gasteiger partial charge in [0.25, 0.3) is 5.89 Å². The van der Waals surface area contributed by atoms with Crippen LogP contribution in [0.3, 0.4) is 0 Å². The molecule has 2 aromatic heterocycles. The summed E-state index contributed by atoms with van der Waals surface area (Å²) in [6.07, 6.45) is 1.44. The number of aryl methyl sites for hydroxylation is 1. The molecule has 1 aromatic carbocycles. The maximum absolute atomic E-state index is 13.5. The number of carbonyl (C=O) groups is 1. The highest BCUT2D eigenvalue weighted by molar-refractivity contribution is 5.86. The fraction of sp³-hybridized carbons (Fsp3) is 0.143. The van der Waals surface area contributed by atoms with Crippen molar-refractivity contribution in [1.82, 2.24) is 20.3 Å². The summed E-state index contributed by atoms with van der Waals surface area (Å²) in [6.45, 7) is 1.48. The first kappa shape index (κ1) is 13.9. The average Bonchev–Trinajstić information content (AvgIpc) is 3.19. The van der Waals surface area contributed by atoms with Crippen LogP contribution < -0.4 is 0 Å². The summed E-state index contributed by atoms with van der Waals surface area (Å²) in [5.41, 5.74) is 1.24. The van der Waals surface area contributed by atoms with Gasteiger partial charge < -0.3 is 9.26 Å². The van der Waals surface area contributed by atoms with Gasteiger partial charge in [-0.05, 0) is 24.6 Å². The average molecular weight is 302 g/mol. The van der Waals surface area contributed by atoms with E-state index in [1.165, 1.54) is 18.3 Å². The van der Waals surface area contributed by atoms with Crippen molar-refractivity contribution >= 4 is 5.97 Å². The third-order valence-corrected chi connectivity index (χ3v) is 2.95. The molecule has 3 aromatic rings. The fourth-order valence-electron chi connectivity index (χ4n) is 1.74. The molecule has 0 atom stereocenters. The predicted octanol–water partition coefficient (Wildman–Crippen LogP) is 2.26. The number of H-pyrrole nitrogens is 1. The summed E-state index contributed by atoms with van der Waals surface area (Å²) in [7, 11) is 0. The number of aromatic nitrogens is 4. The van der Waals surface area contributed by atoms with Crippen molar-refractivity contribution in [3.63, 3.8) is 0 Å². The van der Waals surface area contributed by atoms with Crippen LogP contribution in [0.4, 0.5) is 4.39 Å². The third-order valence-electron chi connectivity index (χ3n) is 2.95. The van der Waals surface area contributed by atoms with Crippen LogP contribution in [0, 0.1) is 12.7 Å². The van der Waals surface area contributed by atoms with E-state index in [1.807, 2.05) is 0 Å². The van der Waals surface area contributed by atoms with Gasteiger partial charge >= 0.3 is 5.97 Å². The number of ether oxygens (including phenoxy) is 1. The quantitative estimate of drug-likeness (QED) is 0.743. The zero-order chi connectivity index (χ0) is 15.5. The summed E-state index contributed by atoms with van der Waals surface area (Å²) in [5, 5.41) is 9.86. The predicted molar refractivity (Wildman–Crippen MR) is 72.1 cm³/mol. The van der Waals surface area contributed by atoms with E-state index in [0.29, 0.717) is 11.1 Å². The number of halogens is 1. The van der Waals surface area contributed by atoms with Crippen LogP contribution >= 0.6 is 0 Å². The smallest absolute Gasteiger partial charge is 0.356 e. The Balaban J connectivity index is 1.68. The van der Waals surface area contributed by atoms with E-state index in [2.05, 4.69) is 20.3 Å². The van der Waals surface area contributed by atoms with E-state index in [-0.39, 0.29) is 29.8 Å². The van der Waals surface area contributed by atoms with Crippen LogP contribution in [0.2, 0.25) is 0 Å². The van der Waals surface area contributed by atoms with E-state index in [1.54, 1.807) is 19.1 Å². The van der Waals surface area contributed by atoms with Crippen molar-refractivity contribution in [3.8, 4) is 11.4 Å². The van der Waals surface area contributed by atoms with Gasteiger partial charge in [-0.25, -0.2) is 9.18 Å². The zero-order valence-corrected chi connectivity index (χ0v) is 11.5. The topological polar surface area (TPSA) is 93.9 Å². The van der Waals surface area contributed by atoms with Gasteiger partial charge in [-0.2, -0.15) is 10.1 Å². The van der Waals surface area contributed by atoms with Crippen LogP contribution in [-0.2, 0) is 11.3 Å². The molecule has 22 heavy (non-hydrogen) atoms. The molecule has 0 aliphatic rings. The summed E-state index contributed by atoms with van der Waals surface area (Å²) < 4.78 is 23.5. The van der Waals surface area contributed by atoms with Crippen LogP contribution in [0.1, 0.15) is 21.9 Å². The highest BCUT2D eigenvalue weighted by Gasteiger charge is 2.13. The van der Waals surface area contributed by atoms with Crippen LogP contribution in [0.5, 0.6) is 0 Å². The van der Waals surface area contributed by atoms with Crippen molar-refractivity contribution in [2.75, 3.05) is 0 Å². The Labute approximate surface area is 124 Å². The van der Waals surface area contributed by atoms with E-state index >= 15 is 0 Å². The van der Waals surface area contributed by atoms with Gasteiger partial charge in [0.05, 0.1) is 0 Å².